The summed E-state index contributed by atoms with van der Waals surface area (Å²) in [7, 11) is 0. The minimum atomic E-state index is -0.0763. The third kappa shape index (κ3) is 3.72. The predicted molar refractivity (Wildman–Crippen MR) is 92.5 cm³/mol. The zero-order valence-corrected chi connectivity index (χ0v) is 13.7. The Bertz CT molecular complexity index is 626. The second-order valence-electron chi connectivity index (χ2n) is 4.52. The second-order valence-corrected chi connectivity index (χ2v) is 5.77. The van der Waals surface area contributed by atoms with Gasteiger partial charge in [-0.15, -0.1) is 0 Å². The van der Waals surface area contributed by atoms with Crippen LogP contribution in [0, 0.1) is 10.5 Å². The summed E-state index contributed by atoms with van der Waals surface area (Å²) >= 11 is 2.23. The molecule has 0 spiro atoms. The average molecular weight is 380 g/mol. The van der Waals surface area contributed by atoms with Gasteiger partial charge in [0.2, 0.25) is 0 Å². The zero-order chi connectivity index (χ0) is 14.5. The van der Waals surface area contributed by atoms with Gasteiger partial charge < -0.3 is 10.6 Å². The number of rotatable bonds is 4. The van der Waals surface area contributed by atoms with E-state index in [4.69, 9.17) is 0 Å². The lowest BCUT2D eigenvalue weighted by Gasteiger charge is -2.10. The van der Waals surface area contributed by atoms with Crippen molar-refractivity contribution >= 4 is 39.9 Å². The van der Waals surface area contributed by atoms with Crippen molar-refractivity contribution in [1.29, 1.82) is 0 Å². The highest BCUT2D eigenvalue weighted by atomic mass is 127. The van der Waals surface area contributed by atoms with Crippen LogP contribution >= 0.6 is 22.6 Å². The van der Waals surface area contributed by atoms with Crippen LogP contribution in [0.4, 0.5) is 11.4 Å². The quantitative estimate of drug-likeness (QED) is 0.778. The summed E-state index contributed by atoms with van der Waals surface area (Å²) in [5, 5.41) is 6.17. The molecule has 3 nitrogen and oxygen atoms in total. The zero-order valence-electron chi connectivity index (χ0n) is 11.5. The summed E-state index contributed by atoms with van der Waals surface area (Å²) in [6.45, 7) is 4.87. The third-order valence-corrected chi connectivity index (χ3v) is 3.61. The summed E-state index contributed by atoms with van der Waals surface area (Å²) in [6.07, 6.45) is 0. The number of carbonyl (C=O) groups is 1. The van der Waals surface area contributed by atoms with Crippen LogP contribution in [-0.4, -0.2) is 12.5 Å². The first-order valence-corrected chi connectivity index (χ1v) is 7.59. The van der Waals surface area contributed by atoms with E-state index in [1.54, 1.807) is 0 Å². The molecule has 0 fully saturated rings. The van der Waals surface area contributed by atoms with Gasteiger partial charge in [-0.3, -0.25) is 4.79 Å². The van der Waals surface area contributed by atoms with Gasteiger partial charge >= 0.3 is 0 Å². The van der Waals surface area contributed by atoms with Crippen molar-refractivity contribution in [3.05, 3.63) is 57.2 Å². The molecule has 20 heavy (non-hydrogen) atoms. The van der Waals surface area contributed by atoms with E-state index >= 15 is 0 Å². The smallest absolute Gasteiger partial charge is 0.255 e. The third-order valence-electron chi connectivity index (χ3n) is 2.93. The van der Waals surface area contributed by atoms with Gasteiger partial charge in [-0.2, -0.15) is 0 Å². The first-order chi connectivity index (χ1) is 9.60. The first kappa shape index (κ1) is 14.8. The van der Waals surface area contributed by atoms with E-state index in [0.717, 1.165) is 27.1 Å². The maximum atomic E-state index is 12.3. The fraction of sp³-hybridized carbons (Fsp3) is 0.188. The van der Waals surface area contributed by atoms with Crippen molar-refractivity contribution in [3.63, 3.8) is 0 Å². The molecule has 0 aliphatic heterocycles. The van der Waals surface area contributed by atoms with E-state index in [2.05, 4.69) is 33.2 Å². The Balaban J connectivity index is 2.17. The molecule has 0 bridgehead atoms. The minimum Gasteiger partial charge on any atom is -0.385 e. The highest BCUT2D eigenvalue weighted by molar-refractivity contribution is 14.1. The number of anilines is 2. The van der Waals surface area contributed by atoms with Crippen molar-refractivity contribution in [1.82, 2.24) is 0 Å². The largest absolute Gasteiger partial charge is 0.385 e. The Kier molecular flexibility index (Phi) is 5.00. The SMILES string of the molecule is CCNc1ccc(C(=O)Nc2cccc(I)c2)c(C)c1. The van der Waals surface area contributed by atoms with E-state index in [1.807, 2.05) is 56.3 Å². The van der Waals surface area contributed by atoms with Gasteiger partial charge in [0.05, 0.1) is 0 Å². The van der Waals surface area contributed by atoms with E-state index in [9.17, 15) is 4.79 Å². The van der Waals surface area contributed by atoms with Gasteiger partial charge in [-0.05, 0) is 78.4 Å². The van der Waals surface area contributed by atoms with Gasteiger partial charge in [-0.25, -0.2) is 0 Å². The molecule has 2 N–H and O–H groups in total. The molecule has 104 valence electrons. The van der Waals surface area contributed by atoms with Crippen LogP contribution in [0.15, 0.2) is 42.5 Å². The second kappa shape index (κ2) is 6.74. The first-order valence-electron chi connectivity index (χ1n) is 6.51. The van der Waals surface area contributed by atoms with Gasteiger partial charge in [0, 0.05) is 27.1 Å². The van der Waals surface area contributed by atoms with Crippen molar-refractivity contribution in [2.24, 2.45) is 0 Å². The summed E-state index contributed by atoms with van der Waals surface area (Å²) in [6, 6.07) is 13.5. The van der Waals surface area contributed by atoms with Crippen LogP contribution in [0.2, 0.25) is 0 Å². The standard InChI is InChI=1S/C16H17IN2O/c1-3-18-13-7-8-15(11(2)9-13)16(20)19-14-6-4-5-12(17)10-14/h4-10,18H,3H2,1-2H3,(H,19,20). The average Bonchev–Trinajstić information content (AvgIpc) is 2.39. The van der Waals surface area contributed by atoms with Crippen molar-refractivity contribution in [3.8, 4) is 0 Å². The number of benzene rings is 2. The number of amides is 1. The molecule has 0 aliphatic rings. The monoisotopic (exact) mass is 380 g/mol. The van der Waals surface area contributed by atoms with Gasteiger partial charge in [0.25, 0.3) is 5.91 Å². The molecule has 0 radical (unpaired) electrons. The number of aryl methyl sites for hydroxylation is 1. The van der Waals surface area contributed by atoms with E-state index < -0.39 is 0 Å². The summed E-state index contributed by atoms with van der Waals surface area (Å²) in [4.78, 5) is 12.3. The Hall–Kier alpha value is -1.56. The fourth-order valence-electron chi connectivity index (χ4n) is 2.00. The maximum Gasteiger partial charge on any atom is 0.255 e. The number of carbonyl (C=O) groups excluding carboxylic acids is 1. The van der Waals surface area contributed by atoms with Crippen LogP contribution in [0.5, 0.6) is 0 Å². The van der Waals surface area contributed by atoms with Crippen molar-refractivity contribution in [2.45, 2.75) is 13.8 Å². The number of hydrogen-bond donors (Lipinski definition) is 2. The van der Waals surface area contributed by atoms with Crippen LogP contribution in [0.3, 0.4) is 0 Å². The molecule has 2 rings (SSSR count). The van der Waals surface area contributed by atoms with E-state index in [0.29, 0.717) is 5.56 Å². The predicted octanol–water partition coefficient (Wildman–Crippen LogP) is 4.28. The molecular formula is C16H17IN2O. The molecule has 4 heteroatoms. The van der Waals surface area contributed by atoms with Crippen molar-refractivity contribution < 1.29 is 4.79 Å². The molecule has 0 heterocycles. The Morgan fingerprint density at radius 2 is 1.95 bits per heavy atom. The fourth-order valence-corrected chi connectivity index (χ4v) is 2.54. The summed E-state index contributed by atoms with van der Waals surface area (Å²) in [5.74, 6) is -0.0763. The molecular weight excluding hydrogens is 363 g/mol. The number of halogens is 1. The van der Waals surface area contributed by atoms with Crippen LogP contribution in [0.1, 0.15) is 22.8 Å². The van der Waals surface area contributed by atoms with Gasteiger partial charge in [0.1, 0.15) is 0 Å². The molecule has 2 aromatic rings. The normalized spacial score (nSPS) is 10.2. The number of hydrogen-bond acceptors (Lipinski definition) is 2. The lowest BCUT2D eigenvalue weighted by Crippen LogP contribution is -2.13. The highest BCUT2D eigenvalue weighted by Gasteiger charge is 2.09. The molecule has 0 unspecified atom stereocenters. The summed E-state index contributed by atoms with van der Waals surface area (Å²) < 4.78 is 1.10. The maximum absolute atomic E-state index is 12.3. The lowest BCUT2D eigenvalue weighted by atomic mass is 10.1. The minimum absolute atomic E-state index is 0.0763. The Morgan fingerprint density at radius 3 is 2.60 bits per heavy atom. The molecule has 0 saturated heterocycles. The topological polar surface area (TPSA) is 41.1 Å². The molecule has 1 amide bonds. The van der Waals surface area contributed by atoms with E-state index in [1.165, 1.54) is 0 Å². The summed E-state index contributed by atoms with van der Waals surface area (Å²) in [5.41, 5.74) is 3.52. The van der Waals surface area contributed by atoms with Crippen LogP contribution < -0.4 is 10.6 Å². The van der Waals surface area contributed by atoms with Crippen molar-refractivity contribution in [2.75, 3.05) is 17.2 Å². The Labute approximate surface area is 132 Å². The van der Waals surface area contributed by atoms with Gasteiger partial charge in [-0.1, -0.05) is 6.07 Å². The Morgan fingerprint density at radius 1 is 1.15 bits per heavy atom. The van der Waals surface area contributed by atoms with Crippen LogP contribution in [0.25, 0.3) is 0 Å². The highest BCUT2D eigenvalue weighted by Crippen LogP contribution is 2.18. The molecule has 0 atom stereocenters. The molecule has 0 aliphatic carbocycles. The van der Waals surface area contributed by atoms with Crippen LogP contribution in [-0.2, 0) is 0 Å². The van der Waals surface area contributed by atoms with Gasteiger partial charge in [0.15, 0.2) is 0 Å². The molecule has 0 aromatic heterocycles. The molecule has 0 saturated carbocycles. The number of nitrogens with one attached hydrogen (secondary N) is 2. The molecule has 2 aromatic carbocycles. The lowest BCUT2D eigenvalue weighted by molar-refractivity contribution is 0.102. The van der Waals surface area contributed by atoms with E-state index in [-0.39, 0.29) is 5.91 Å².